The Hall–Kier alpha value is -0.970. The van der Waals surface area contributed by atoms with Crippen LogP contribution in [-0.4, -0.2) is 31.5 Å². The molecule has 1 aliphatic rings. The molecule has 2 rings (SSSR count). The minimum Gasteiger partial charge on any atom is -0.381 e. The van der Waals surface area contributed by atoms with Gasteiger partial charge in [0.1, 0.15) is 5.82 Å². The lowest BCUT2D eigenvalue weighted by Crippen LogP contribution is -2.54. The van der Waals surface area contributed by atoms with Crippen molar-refractivity contribution >= 4 is 0 Å². The number of benzene rings is 1. The summed E-state index contributed by atoms with van der Waals surface area (Å²) in [7, 11) is 0. The molecule has 19 heavy (non-hydrogen) atoms. The Kier molecular flexibility index (Phi) is 4.91. The number of rotatable bonds is 5. The minimum atomic E-state index is -0.304. The lowest BCUT2D eigenvalue weighted by molar-refractivity contribution is -0.120. The molecule has 1 saturated heterocycles. The van der Waals surface area contributed by atoms with E-state index in [1.807, 2.05) is 6.92 Å². The summed E-state index contributed by atoms with van der Waals surface area (Å²) in [6, 6.07) is 6.42. The van der Waals surface area contributed by atoms with Crippen LogP contribution in [0.2, 0.25) is 0 Å². The van der Waals surface area contributed by atoms with Crippen molar-refractivity contribution in [3.05, 3.63) is 35.6 Å². The third-order valence-corrected chi connectivity index (χ3v) is 3.82. The topological polar surface area (TPSA) is 44.5 Å². The number of hydrogen-bond donors (Lipinski definition) is 1. The molecule has 3 nitrogen and oxygen atoms in total. The molecule has 1 unspecified atom stereocenters. The van der Waals surface area contributed by atoms with Crippen LogP contribution in [0, 0.1) is 5.82 Å². The molecule has 2 N–H and O–H groups in total. The standard InChI is InChI=1S/C15H22FNO2/c1-2-19-15(7-9-18-10-8-15)14(17)11-12-3-5-13(16)6-4-12/h3-6,14H,2,7-11,17H2,1H3. The third-order valence-electron chi connectivity index (χ3n) is 3.82. The van der Waals surface area contributed by atoms with Crippen LogP contribution in [0.25, 0.3) is 0 Å². The van der Waals surface area contributed by atoms with Crippen molar-refractivity contribution in [3.63, 3.8) is 0 Å². The van der Waals surface area contributed by atoms with Gasteiger partial charge in [0.2, 0.25) is 0 Å². The Labute approximate surface area is 113 Å². The van der Waals surface area contributed by atoms with E-state index >= 15 is 0 Å². The van der Waals surface area contributed by atoms with Gasteiger partial charge in [0.15, 0.2) is 0 Å². The van der Waals surface area contributed by atoms with Crippen molar-refractivity contribution in [2.75, 3.05) is 19.8 Å². The van der Waals surface area contributed by atoms with Crippen LogP contribution in [0.1, 0.15) is 25.3 Å². The second-order valence-corrected chi connectivity index (χ2v) is 5.05. The number of hydrogen-bond acceptors (Lipinski definition) is 3. The smallest absolute Gasteiger partial charge is 0.123 e. The average molecular weight is 267 g/mol. The molecule has 0 amide bonds. The second-order valence-electron chi connectivity index (χ2n) is 5.05. The van der Waals surface area contributed by atoms with Gasteiger partial charge in [0.05, 0.1) is 5.60 Å². The van der Waals surface area contributed by atoms with Crippen LogP contribution in [0.4, 0.5) is 4.39 Å². The first-order chi connectivity index (χ1) is 9.16. The van der Waals surface area contributed by atoms with Gasteiger partial charge in [-0.3, -0.25) is 0 Å². The molecule has 1 heterocycles. The molecule has 1 fully saturated rings. The maximum atomic E-state index is 12.9. The Bertz CT molecular complexity index is 382. The first-order valence-corrected chi connectivity index (χ1v) is 6.88. The largest absolute Gasteiger partial charge is 0.381 e. The molecule has 1 aliphatic heterocycles. The molecule has 1 atom stereocenters. The van der Waals surface area contributed by atoms with Crippen molar-refractivity contribution in [3.8, 4) is 0 Å². The molecule has 1 aromatic rings. The maximum Gasteiger partial charge on any atom is 0.123 e. The predicted molar refractivity (Wildman–Crippen MR) is 72.5 cm³/mol. The Morgan fingerprint density at radius 2 is 1.95 bits per heavy atom. The van der Waals surface area contributed by atoms with Crippen LogP contribution < -0.4 is 5.73 Å². The lowest BCUT2D eigenvalue weighted by Gasteiger charge is -2.41. The summed E-state index contributed by atoms with van der Waals surface area (Å²) in [5.74, 6) is -0.220. The van der Waals surface area contributed by atoms with Gasteiger partial charge in [0.25, 0.3) is 0 Å². The molecule has 0 aromatic heterocycles. The maximum absolute atomic E-state index is 12.9. The summed E-state index contributed by atoms with van der Waals surface area (Å²) in [6.07, 6.45) is 2.34. The molecule has 106 valence electrons. The Morgan fingerprint density at radius 3 is 2.53 bits per heavy atom. The van der Waals surface area contributed by atoms with Gasteiger partial charge < -0.3 is 15.2 Å². The van der Waals surface area contributed by atoms with Crippen LogP contribution in [0.3, 0.4) is 0 Å². The summed E-state index contributed by atoms with van der Waals surface area (Å²) < 4.78 is 24.3. The summed E-state index contributed by atoms with van der Waals surface area (Å²) in [5, 5.41) is 0. The Balaban J connectivity index is 2.06. The van der Waals surface area contributed by atoms with E-state index in [4.69, 9.17) is 15.2 Å². The molecule has 0 bridgehead atoms. The minimum absolute atomic E-state index is 0.0955. The van der Waals surface area contributed by atoms with E-state index in [1.54, 1.807) is 12.1 Å². The SMILES string of the molecule is CCOC1(C(N)Cc2ccc(F)cc2)CCOCC1. The van der Waals surface area contributed by atoms with E-state index in [-0.39, 0.29) is 17.5 Å². The van der Waals surface area contributed by atoms with Gasteiger partial charge in [-0.1, -0.05) is 12.1 Å². The van der Waals surface area contributed by atoms with Crippen LogP contribution in [-0.2, 0) is 15.9 Å². The number of ether oxygens (including phenoxy) is 2. The van der Waals surface area contributed by atoms with Gasteiger partial charge in [-0.2, -0.15) is 0 Å². The Morgan fingerprint density at radius 1 is 1.32 bits per heavy atom. The number of halogens is 1. The molecular weight excluding hydrogens is 245 g/mol. The predicted octanol–water partition coefficient (Wildman–Crippen LogP) is 2.28. The highest BCUT2D eigenvalue weighted by molar-refractivity contribution is 5.18. The fourth-order valence-corrected chi connectivity index (χ4v) is 2.69. The van der Waals surface area contributed by atoms with Crippen molar-refractivity contribution in [1.82, 2.24) is 0 Å². The van der Waals surface area contributed by atoms with Crippen molar-refractivity contribution in [1.29, 1.82) is 0 Å². The third kappa shape index (κ3) is 3.53. The molecule has 0 aliphatic carbocycles. The molecule has 1 aromatic carbocycles. The normalized spacial score (nSPS) is 20.2. The van der Waals surface area contributed by atoms with Gasteiger partial charge in [-0.25, -0.2) is 4.39 Å². The highest BCUT2D eigenvalue weighted by Gasteiger charge is 2.39. The molecule has 0 radical (unpaired) electrons. The molecular formula is C15H22FNO2. The van der Waals surface area contributed by atoms with Crippen molar-refractivity contribution < 1.29 is 13.9 Å². The second kappa shape index (κ2) is 6.46. The molecule has 0 saturated carbocycles. The summed E-state index contributed by atoms with van der Waals surface area (Å²) >= 11 is 0. The lowest BCUT2D eigenvalue weighted by atomic mass is 9.83. The van der Waals surface area contributed by atoms with Crippen LogP contribution in [0.5, 0.6) is 0 Å². The monoisotopic (exact) mass is 267 g/mol. The first kappa shape index (κ1) is 14.4. The zero-order valence-corrected chi connectivity index (χ0v) is 11.4. The van der Waals surface area contributed by atoms with Crippen LogP contribution >= 0.6 is 0 Å². The zero-order chi connectivity index (χ0) is 13.7. The summed E-state index contributed by atoms with van der Waals surface area (Å²) in [4.78, 5) is 0. The zero-order valence-electron chi connectivity index (χ0n) is 11.4. The van der Waals surface area contributed by atoms with E-state index in [1.165, 1.54) is 12.1 Å². The van der Waals surface area contributed by atoms with Gasteiger partial charge >= 0.3 is 0 Å². The summed E-state index contributed by atoms with van der Waals surface area (Å²) in [6.45, 7) is 4.02. The quantitative estimate of drug-likeness (QED) is 0.890. The van der Waals surface area contributed by atoms with Gasteiger partial charge in [-0.05, 0) is 31.0 Å². The molecule has 0 spiro atoms. The van der Waals surface area contributed by atoms with Gasteiger partial charge in [-0.15, -0.1) is 0 Å². The van der Waals surface area contributed by atoms with E-state index in [2.05, 4.69) is 0 Å². The highest BCUT2D eigenvalue weighted by atomic mass is 19.1. The average Bonchev–Trinajstić information content (AvgIpc) is 2.43. The summed E-state index contributed by atoms with van der Waals surface area (Å²) in [5.41, 5.74) is 7.10. The first-order valence-electron chi connectivity index (χ1n) is 6.88. The van der Waals surface area contributed by atoms with Crippen molar-refractivity contribution in [2.24, 2.45) is 5.73 Å². The molecule has 4 heteroatoms. The van der Waals surface area contributed by atoms with Gasteiger partial charge in [0, 0.05) is 38.7 Å². The van der Waals surface area contributed by atoms with E-state index in [0.29, 0.717) is 26.2 Å². The van der Waals surface area contributed by atoms with E-state index in [0.717, 1.165) is 18.4 Å². The highest BCUT2D eigenvalue weighted by Crippen LogP contribution is 2.29. The van der Waals surface area contributed by atoms with Crippen LogP contribution in [0.15, 0.2) is 24.3 Å². The fraction of sp³-hybridized carbons (Fsp3) is 0.600. The van der Waals surface area contributed by atoms with E-state index < -0.39 is 0 Å². The fourth-order valence-electron chi connectivity index (χ4n) is 2.69. The van der Waals surface area contributed by atoms with Crippen molar-refractivity contribution in [2.45, 2.75) is 37.8 Å². The van der Waals surface area contributed by atoms with E-state index in [9.17, 15) is 4.39 Å². The number of nitrogens with two attached hydrogens (primary N) is 1.